The van der Waals surface area contributed by atoms with E-state index in [1.54, 1.807) is 0 Å². The predicted molar refractivity (Wildman–Crippen MR) is 134 cm³/mol. The molecule has 0 bridgehead atoms. The number of unbranched alkanes of at least 4 members (excludes halogenated alkanes) is 1. The molecule has 1 saturated carbocycles. The smallest absolute Gasteiger partial charge is 0.103 e. The van der Waals surface area contributed by atoms with Crippen LogP contribution in [0.5, 0.6) is 0 Å². The predicted octanol–water partition coefficient (Wildman–Crippen LogP) is 10.5. The summed E-state index contributed by atoms with van der Waals surface area (Å²) >= 11 is 0. The van der Waals surface area contributed by atoms with Crippen LogP contribution in [0.15, 0.2) is 0 Å². The Hall–Kier alpha value is -0.0700. The molecule has 0 saturated heterocycles. The van der Waals surface area contributed by atoms with E-state index in [0.717, 1.165) is 24.7 Å². The number of rotatable bonds is 18. The maximum absolute atomic E-state index is 15.3. The summed E-state index contributed by atoms with van der Waals surface area (Å²) in [6.07, 6.45) is 22.7. The molecule has 0 heterocycles. The Morgan fingerprint density at radius 2 is 1.40 bits per heavy atom. The third kappa shape index (κ3) is 11.5. The van der Waals surface area contributed by atoms with Crippen LogP contribution in [0.3, 0.4) is 0 Å². The highest BCUT2D eigenvalue weighted by Gasteiger charge is 2.34. The Morgan fingerprint density at radius 3 is 2.03 bits per heavy atom. The van der Waals surface area contributed by atoms with Gasteiger partial charge in [0.15, 0.2) is 0 Å². The fraction of sp³-hybridized carbons (Fsp3) is 1.00. The molecule has 180 valence electrons. The van der Waals surface area contributed by atoms with Crippen LogP contribution >= 0.6 is 0 Å². The molecule has 0 N–H and O–H groups in total. The third-order valence-corrected chi connectivity index (χ3v) is 8.14. The van der Waals surface area contributed by atoms with Crippen LogP contribution in [-0.4, -0.2) is 6.17 Å². The summed E-state index contributed by atoms with van der Waals surface area (Å²) in [5.74, 6) is 3.44. The van der Waals surface area contributed by atoms with Gasteiger partial charge in [-0.25, -0.2) is 4.39 Å². The first-order valence-electron chi connectivity index (χ1n) is 14.2. The maximum Gasteiger partial charge on any atom is 0.103 e. The topological polar surface area (TPSA) is 0 Å². The van der Waals surface area contributed by atoms with Crippen molar-refractivity contribution in [2.75, 3.05) is 0 Å². The van der Waals surface area contributed by atoms with E-state index in [-0.39, 0.29) is 0 Å². The lowest BCUT2D eigenvalue weighted by molar-refractivity contribution is 0.0696. The zero-order valence-corrected chi connectivity index (χ0v) is 21.6. The molecule has 1 aliphatic rings. The lowest BCUT2D eigenvalue weighted by atomic mass is 9.70. The van der Waals surface area contributed by atoms with Gasteiger partial charge in [-0.2, -0.15) is 0 Å². The van der Waals surface area contributed by atoms with Gasteiger partial charge in [0.05, 0.1) is 0 Å². The maximum atomic E-state index is 15.3. The molecular formula is C29H57F. The van der Waals surface area contributed by atoms with Gasteiger partial charge in [0.1, 0.15) is 6.17 Å². The summed E-state index contributed by atoms with van der Waals surface area (Å²) in [6.45, 7) is 11.6. The monoisotopic (exact) mass is 424 g/mol. The molecule has 1 heteroatoms. The fourth-order valence-electron chi connectivity index (χ4n) is 6.35. The van der Waals surface area contributed by atoms with Crippen molar-refractivity contribution in [1.29, 1.82) is 0 Å². The van der Waals surface area contributed by atoms with Crippen molar-refractivity contribution in [1.82, 2.24) is 0 Å². The van der Waals surface area contributed by atoms with Gasteiger partial charge in [0.2, 0.25) is 0 Å². The average Bonchev–Trinajstić information content (AvgIpc) is 2.72. The highest BCUT2D eigenvalue weighted by atomic mass is 19.1. The molecule has 0 amide bonds. The lowest BCUT2D eigenvalue weighted by Gasteiger charge is -2.37. The van der Waals surface area contributed by atoms with E-state index < -0.39 is 6.17 Å². The van der Waals surface area contributed by atoms with Gasteiger partial charge >= 0.3 is 0 Å². The Balaban J connectivity index is 2.41. The first kappa shape index (κ1) is 28.0. The molecular weight excluding hydrogens is 367 g/mol. The molecule has 1 aliphatic carbocycles. The molecule has 6 unspecified atom stereocenters. The van der Waals surface area contributed by atoms with Crippen molar-refractivity contribution in [2.24, 2.45) is 29.6 Å². The molecule has 30 heavy (non-hydrogen) atoms. The number of hydrogen-bond acceptors (Lipinski definition) is 0. The Bertz CT molecular complexity index is 379. The average molecular weight is 425 g/mol. The quantitative estimate of drug-likeness (QED) is 0.205. The molecule has 0 aromatic heterocycles. The molecule has 0 spiro atoms. The van der Waals surface area contributed by atoms with Crippen molar-refractivity contribution in [3.8, 4) is 0 Å². The van der Waals surface area contributed by atoms with Gasteiger partial charge in [-0.15, -0.1) is 0 Å². The van der Waals surface area contributed by atoms with Crippen LogP contribution in [0.1, 0.15) is 150 Å². The second-order valence-corrected chi connectivity index (χ2v) is 11.0. The van der Waals surface area contributed by atoms with Crippen LogP contribution in [0.4, 0.5) is 4.39 Å². The van der Waals surface area contributed by atoms with E-state index in [4.69, 9.17) is 0 Å². The molecule has 6 atom stereocenters. The number of alkyl halides is 1. The summed E-state index contributed by atoms with van der Waals surface area (Å²) in [4.78, 5) is 0. The van der Waals surface area contributed by atoms with Crippen LogP contribution in [0.2, 0.25) is 0 Å². The zero-order chi connectivity index (χ0) is 22.2. The van der Waals surface area contributed by atoms with Crippen LogP contribution < -0.4 is 0 Å². The highest BCUT2D eigenvalue weighted by molar-refractivity contribution is 4.85. The molecule has 0 aromatic carbocycles. The normalized spacial score (nSPS) is 25.2. The van der Waals surface area contributed by atoms with E-state index in [9.17, 15) is 0 Å². The second-order valence-electron chi connectivity index (χ2n) is 11.0. The van der Waals surface area contributed by atoms with E-state index in [2.05, 4.69) is 34.6 Å². The van der Waals surface area contributed by atoms with Crippen molar-refractivity contribution in [3.63, 3.8) is 0 Å². The Morgan fingerprint density at radius 1 is 0.700 bits per heavy atom. The highest BCUT2D eigenvalue weighted by Crippen LogP contribution is 2.41. The number of hydrogen-bond donors (Lipinski definition) is 0. The van der Waals surface area contributed by atoms with E-state index >= 15 is 4.39 Å². The summed E-state index contributed by atoms with van der Waals surface area (Å²) in [5.41, 5.74) is 0. The van der Waals surface area contributed by atoms with Crippen molar-refractivity contribution in [2.45, 2.75) is 156 Å². The lowest BCUT2D eigenvalue weighted by Crippen LogP contribution is -2.32. The SMILES string of the molecule is CCCCC(CCC)CCCC(CCC)C1CCC(CCCC(C)CCC)CC1F. The van der Waals surface area contributed by atoms with Crippen molar-refractivity contribution in [3.05, 3.63) is 0 Å². The summed E-state index contributed by atoms with van der Waals surface area (Å²) in [7, 11) is 0. The number of halogens is 1. The fourth-order valence-corrected chi connectivity index (χ4v) is 6.35. The van der Waals surface area contributed by atoms with Crippen LogP contribution in [0.25, 0.3) is 0 Å². The molecule has 0 radical (unpaired) electrons. The molecule has 0 aliphatic heterocycles. The van der Waals surface area contributed by atoms with Crippen molar-refractivity contribution < 1.29 is 4.39 Å². The van der Waals surface area contributed by atoms with Gasteiger partial charge in [-0.3, -0.25) is 0 Å². The third-order valence-electron chi connectivity index (χ3n) is 8.14. The van der Waals surface area contributed by atoms with E-state index in [0.29, 0.717) is 17.8 Å². The summed E-state index contributed by atoms with van der Waals surface area (Å²) < 4.78 is 15.3. The Kier molecular flexibility index (Phi) is 16.3. The molecule has 1 fully saturated rings. The van der Waals surface area contributed by atoms with Crippen LogP contribution in [-0.2, 0) is 0 Å². The molecule has 1 rings (SSSR count). The van der Waals surface area contributed by atoms with Gasteiger partial charge in [-0.1, -0.05) is 131 Å². The van der Waals surface area contributed by atoms with Gasteiger partial charge in [0.25, 0.3) is 0 Å². The van der Waals surface area contributed by atoms with Gasteiger partial charge in [0, 0.05) is 0 Å². The largest absolute Gasteiger partial charge is 0.247 e. The zero-order valence-electron chi connectivity index (χ0n) is 21.6. The van der Waals surface area contributed by atoms with E-state index in [1.807, 2.05) is 0 Å². The first-order chi connectivity index (χ1) is 14.5. The first-order valence-corrected chi connectivity index (χ1v) is 14.2. The standard InChI is InChI=1S/C29H57F/c1-6-10-17-25(14-8-3)18-12-20-27(15-9-4)28-22-21-26(23-29(28)30)19-11-16-24(5)13-7-2/h24-29H,6-23H2,1-5H3. The molecule has 0 nitrogen and oxygen atoms in total. The molecule has 0 aromatic rings. The summed E-state index contributed by atoms with van der Waals surface area (Å²) in [6, 6.07) is 0. The van der Waals surface area contributed by atoms with Gasteiger partial charge in [-0.05, 0) is 48.9 Å². The second kappa shape index (κ2) is 17.5. The minimum Gasteiger partial charge on any atom is -0.247 e. The summed E-state index contributed by atoms with van der Waals surface area (Å²) in [5, 5.41) is 0. The minimum atomic E-state index is -0.528. The van der Waals surface area contributed by atoms with Crippen LogP contribution in [0, 0.1) is 29.6 Å². The Labute approximate surface area is 190 Å². The minimum absolute atomic E-state index is 0.362. The van der Waals surface area contributed by atoms with Gasteiger partial charge < -0.3 is 0 Å². The van der Waals surface area contributed by atoms with Crippen molar-refractivity contribution >= 4 is 0 Å². The van der Waals surface area contributed by atoms with E-state index in [1.165, 1.54) is 103 Å².